The van der Waals surface area contributed by atoms with Crippen LogP contribution in [0.3, 0.4) is 0 Å². The van der Waals surface area contributed by atoms with Gasteiger partial charge in [0.25, 0.3) is 0 Å². The quantitative estimate of drug-likeness (QED) is 0.847. The molecule has 1 atom stereocenters. The van der Waals surface area contributed by atoms with Crippen molar-refractivity contribution in [3.8, 4) is 5.75 Å². The van der Waals surface area contributed by atoms with Gasteiger partial charge in [0, 0.05) is 5.69 Å². The first kappa shape index (κ1) is 13.4. The predicted octanol–water partition coefficient (Wildman–Crippen LogP) is 1.98. The van der Waals surface area contributed by atoms with E-state index in [0.29, 0.717) is 5.69 Å². The third-order valence-electron chi connectivity index (χ3n) is 3.26. The minimum absolute atomic E-state index is 0.120. The summed E-state index contributed by atoms with van der Waals surface area (Å²) in [5, 5.41) is 2.78. The van der Waals surface area contributed by atoms with Crippen LogP contribution in [0.2, 0.25) is 0 Å². The molecule has 1 aliphatic rings. The maximum atomic E-state index is 12.2. The number of benzene rings is 1. The van der Waals surface area contributed by atoms with E-state index in [4.69, 9.17) is 9.47 Å². The van der Waals surface area contributed by atoms with Gasteiger partial charge in [0.05, 0.1) is 19.4 Å². The first-order chi connectivity index (χ1) is 8.92. The molecule has 1 aliphatic heterocycles. The summed E-state index contributed by atoms with van der Waals surface area (Å²) in [4.78, 5) is 23.4. The largest absolute Gasteiger partial charge is 0.497 e. The molecule has 1 N–H and O–H groups in total. The molecule has 5 heteroatoms. The van der Waals surface area contributed by atoms with E-state index in [0.717, 1.165) is 5.75 Å². The van der Waals surface area contributed by atoms with Crippen LogP contribution in [0.15, 0.2) is 24.3 Å². The van der Waals surface area contributed by atoms with Crippen molar-refractivity contribution in [2.75, 3.05) is 12.4 Å². The molecular weight excluding hydrogens is 246 g/mol. The van der Waals surface area contributed by atoms with E-state index in [2.05, 4.69) is 5.32 Å². The summed E-state index contributed by atoms with van der Waals surface area (Å²) in [6, 6.07) is 7.02. The summed E-state index contributed by atoms with van der Waals surface area (Å²) in [6.45, 7) is 3.49. The van der Waals surface area contributed by atoms with Crippen molar-refractivity contribution < 1.29 is 19.1 Å². The van der Waals surface area contributed by atoms with E-state index >= 15 is 0 Å². The van der Waals surface area contributed by atoms with Crippen LogP contribution in [0.1, 0.15) is 20.3 Å². The van der Waals surface area contributed by atoms with Crippen molar-refractivity contribution >= 4 is 17.6 Å². The highest BCUT2D eigenvalue weighted by Crippen LogP contribution is 2.33. The highest BCUT2D eigenvalue weighted by atomic mass is 16.6. The van der Waals surface area contributed by atoms with Crippen molar-refractivity contribution in [1.29, 1.82) is 0 Å². The normalized spacial score (nSPS) is 20.8. The lowest BCUT2D eigenvalue weighted by atomic mass is 9.90. The third-order valence-corrected chi connectivity index (χ3v) is 3.26. The molecule has 0 aromatic heterocycles. The van der Waals surface area contributed by atoms with Gasteiger partial charge in [-0.05, 0) is 38.1 Å². The van der Waals surface area contributed by atoms with E-state index < -0.39 is 11.5 Å². The van der Waals surface area contributed by atoms with Gasteiger partial charge in [-0.15, -0.1) is 0 Å². The lowest BCUT2D eigenvalue weighted by Crippen LogP contribution is -2.36. The topological polar surface area (TPSA) is 64.6 Å². The van der Waals surface area contributed by atoms with Crippen molar-refractivity contribution in [3.63, 3.8) is 0 Å². The van der Waals surface area contributed by atoms with Gasteiger partial charge >= 0.3 is 5.97 Å². The minimum Gasteiger partial charge on any atom is -0.497 e. The molecule has 1 saturated heterocycles. The number of esters is 1. The molecule has 1 amide bonds. The van der Waals surface area contributed by atoms with Crippen molar-refractivity contribution in [2.45, 2.75) is 25.9 Å². The number of ether oxygens (including phenoxy) is 2. The van der Waals surface area contributed by atoms with Gasteiger partial charge in [-0.2, -0.15) is 0 Å². The van der Waals surface area contributed by atoms with Crippen molar-refractivity contribution in [1.82, 2.24) is 0 Å². The lowest BCUT2D eigenvalue weighted by Gasteiger charge is -2.23. The second-order valence-corrected chi connectivity index (χ2v) is 5.05. The maximum Gasteiger partial charge on any atom is 0.307 e. The van der Waals surface area contributed by atoms with E-state index in [1.807, 2.05) is 0 Å². The molecule has 1 heterocycles. The molecule has 102 valence electrons. The molecule has 2 rings (SSSR count). The Morgan fingerprint density at radius 2 is 2.00 bits per heavy atom. The Bertz CT molecular complexity index is 493. The van der Waals surface area contributed by atoms with Crippen LogP contribution in [-0.2, 0) is 14.3 Å². The van der Waals surface area contributed by atoms with Crippen LogP contribution >= 0.6 is 0 Å². The number of carbonyl (C=O) groups is 2. The van der Waals surface area contributed by atoms with Crippen LogP contribution in [-0.4, -0.2) is 24.6 Å². The van der Waals surface area contributed by atoms with Crippen LogP contribution < -0.4 is 10.1 Å². The molecule has 19 heavy (non-hydrogen) atoms. The van der Waals surface area contributed by atoms with Crippen molar-refractivity contribution in [3.05, 3.63) is 24.3 Å². The van der Waals surface area contributed by atoms with Crippen LogP contribution in [0.4, 0.5) is 5.69 Å². The molecule has 0 unspecified atom stereocenters. The van der Waals surface area contributed by atoms with Gasteiger partial charge < -0.3 is 14.8 Å². The average Bonchev–Trinajstić information content (AvgIpc) is 2.63. The fraction of sp³-hybridized carbons (Fsp3) is 0.429. The summed E-state index contributed by atoms with van der Waals surface area (Å²) in [5.41, 5.74) is -0.0888. The Labute approximate surface area is 111 Å². The average molecular weight is 263 g/mol. The molecular formula is C14H17NO4. The summed E-state index contributed by atoms with van der Waals surface area (Å²) in [7, 11) is 1.58. The van der Waals surface area contributed by atoms with Crippen molar-refractivity contribution in [2.24, 2.45) is 5.92 Å². The van der Waals surface area contributed by atoms with Gasteiger partial charge in [0.2, 0.25) is 5.91 Å². The van der Waals surface area contributed by atoms with E-state index in [-0.39, 0.29) is 18.3 Å². The molecule has 5 nitrogen and oxygen atoms in total. The van der Waals surface area contributed by atoms with Crippen LogP contribution in [0.5, 0.6) is 5.75 Å². The Hall–Kier alpha value is -2.04. The highest BCUT2D eigenvalue weighted by Gasteiger charge is 2.46. The summed E-state index contributed by atoms with van der Waals surface area (Å²) in [5.74, 6) is -0.291. The molecule has 1 aromatic rings. The number of cyclic esters (lactones) is 1. The third kappa shape index (κ3) is 2.86. The Balaban J connectivity index is 2.06. The summed E-state index contributed by atoms with van der Waals surface area (Å²) < 4.78 is 10.2. The van der Waals surface area contributed by atoms with Gasteiger partial charge in [0.1, 0.15) is 11.4 Å². The zero-order valence-corrected chi connectivity index (χ0v) is 11.2. The number of rotatable bonds is 3. The zero-order chi connectivity index (χ0) is 14.0. The van der Waals surface area contributed by atoms with E-state index in [1.165, 1.54) is 0 Å². The van der Waals surface area contributed by atoms with E-state index in [9.17, 15) is 9.59 Å². The number of hydrogen-bond donors (Lipinski definition) is 1. The summed E-state index contributed by atoms with van der Waals surface area (Å²) in [6.07, 6.45) is 0.120. The number of amides is 1. The first-order valence-electron chi connectivity index (χ1n) is 6.09. The predicted molar refractivity (Wildman–Crippen MR) is 69.9 cm³/mol. The van der Waals surface area contributed by atoms with Gasteiger partial charge in [-0.1, -0.05) is 0 Å². The minimum atomic E-state index is -0.756. The first-order valence-corrected chi connectivity index (χ1v) is 6.09. The van der Waals surface area contributed by atoms with E-state index in [1.54, 1.807) is 45.2 Å². The Kier molecular flexibility index (Phi) is 3.46. The molecule has 1 fully saturated rings. The fourth-order valence-electron chi connectivity index (χ4n) is 2.13. The van der Waals surface area contributed by atoms with Crippen LogP contribution in [0.25, 0.3) is 0 Å². The molecule has 1 aromatic carbocycles. The fourth-order valence-corrected chi connectivity index (χ4v) is 2.13. The number of methoxy groups -OCH3 is 1. The number of carbonyl (C=O) groups excluding carboxylic acids is 2. The number of nitrogens with one attached hydrogen (secondary N) is 1. The van der Waals surface area contributed by atoms with Gasteiger partial charge in [-0.25, -0.2) is 0 Å². The molecule has 0 bridgehead atoms. The number of anilines is 1. The SMILES string of the molecule is COc1ccc(NC(=O)[C@@H]2CC(=O)OC2(C)C)cc1. The molecule has 0 radical (unpaired) electrons. The van der Waals surface area contributed by atoms with Gasteiger partial charge in [0.15, 0.2) is 0 Å². The Morgan fingerprint density at radius 1 is 1.37 bits per heavy atom. The van der Waals surface area contributed by atoms with Crippen LogP contribution in [0, 0.1) is 5.92 Å². The Morgan fingerprint density at radius 3 is 2.47 bits per heavy atom. The second kappa shape index (κ2) is 4.91. The zero-order valence-electron chi connectivity index (χ0n) is 11.2. The molecule has 0 saturated carbocycles. The second-order valence-electron chi connectivity index (χ2n) is 5.05. The lowest BCUT2D eigenvalue weighted by molar-refractivity contribution is -0.147. The van der Waals surface area contributed by atoms with Gasteiger partial charge in [-0.3, -0.25) is 9.59 Å². The standard InChI is InChI=1S/C14H17NO4/c1-14(2)11(8-12(16)19-14)13(17)15-9-4-6-10(18-3)7-5-9/h4-7,11H,8H2,1-3H3,(H,15,17)/t11-/m0/s1. The number of hydrogen-bond acceptors (Lipinski definition) is 4. The monoisotopic (exact) mass is 263 g/mol. The summed E-state index contributed by atoms with van der Waals surface area (Å²) >= 11 is 0. The molecule has 0 aliphatic carbocycles. The molecule has 0 spiro atoms. The smallest absolute Gasteiger partial charge is 0.307 e. The highest BCUT2D eigenvalue weighted by molar-refractivity contribution is 5.96. The maximum absolute atomic E-state index is 12.2.